The number of carbonyl (C=O) groups excluding carboxylic acids is 1. The van der Waals surface area contributed by atoms with Crippen molar-refractivity contribution in [1.82, 2.24) is 5.32 Å². The van der Waals surface area contributed by atoms with E-state index in [0.29, 0.717) is 13.2 Å². The van der Waals surface area contributed by atoms with Crippen LogP contribution < -0.4 is 5.32 Å². The number of hydrogen-bond acceptors (Lipinski definition) is 2. The molecule has 12 heavy (non-hydrogen) atoms. The summed E-state index contributed by atoms with van der Waals surface area (Å²) in [5, 5.41) is 1.99. The molecule has 0 saturated heterocycles. The summed E-state index contributed by atoms with van der Waals surface area (Å²) in [6, 6.07) is 0. The lowest BCUT2D eigenvalue weighted by Crippen LogP contribution is -2.19. The molecule has 0 saturated carbocycles. The Balaban J connectivity index is 2.86. The summed E-state index contributed by atoms with van der Waals surface area (Å²) >= 11 is 5.05. The van der Waals surface area contributed by atoms with Crippen LogP contribution in [0.5, 0.6) is 0 Å². The Kier molecular flexibility index (Phi) is 8.61. The number of rotatable bonds is 7. The monoisotopic (exact) mass is 193 g/mol. The van der Waals surface area contributed by atoms with Crippen molar-refractivity contribution in [2.45, 2.75) is 26.2 Å². The summed E-state index contributed by atoms with van der Waals surface area (Å²) in [6.45, 7) is 4.22. The van der Waals surface area contributed by atoms with E-state index < -0.39 is 5.37 Å². The molecule has 0 heterocycles. The van der Waals surface area contributed by atoms with E-state index in [1.807, 2.05) is 0 Å². The molecule has 4 heteroatoms. The van der Waals surface area contributed by atoms with Gasteiger partial charge in [-0.25, -0.2) is 0 Å². The number of halogens is 1. The second-order valence-corrected chi connectivity index (χ2v) is 2.86. The van der Waals surface area contributed by atoms with E-state index in [1.54, 1.807) is 0 Å². The standard InChI is InChI=1S/C8H16ClNO2/c1-2-3-6-12-7-4-5-10-8(9)11/h2-7H2,1H3,(H,10,11). The lowest BCUT2D eigenvalue weighted by Gasteiger charge is -2.02. The van der Waals surface area contributed by atoms with Crippen LogP contribution in [-0.2, 0) is 4.74 Å². The number of nitrogens with one attached hydrogen (secondary N) is 1. The van der Waals surface area contributed by atoms with E-state index >= 15 is 0 Å². The molecule has 0 aromatic rings. The summed E-state index contributed by atoms with van der Waals surface area (Å²) in [5.74, 6) is 0. The van der Waals surface area contributed by atoms with Gasteiger partial charge >= 0.3 is 5.37 Å². The van der Waals surface area contributed by atoms with Gasteiger partial charge in [-0.1, -0.05) is 13.3 Å². The van der Waals surface area contributed by atoms with Crippen molar-refractivity contribution < 1.29 is 9.53 Å². The number of unbranched alkanes of at least 4 members (excludes halogenated alkanes) is 1. The third-order valence-electron chi connectivity index (χ3n) is 1.37. The maximum Gasteiger partial charge on any atom is 0.313 e. The van der Waals surface area contributed by atoms with Crippen LogP contribution in [0.15, 0.2) is 0 Å². The van der Waals surface area contributed by atoms with Gasteiger partial charge in [0.1, 0.15) is 0 Å². The van der Waals surface area contributed by atoms with Gasteiger partial charge in [-0.15, -0.1) is 0 Å². The average molecular weight is 194 g/mol. The maximum atomic E-state index is 10.2. The molecule has 1 amide bonds. The van der Waals surface area contributed by atoms with Crippen LogP contribution in [0, 0.1) is 0 Å². The zero-order chi connectivity index (χ0) is 9.23. The number of amides is 1. The van der Waals surface area contributed by atoms with Gasteiger partial charge in [-0.2, -0.15) is 0 Å². The molecule has 0 spiro atoms. The topological polar surface area (TPSA) is 38.3 Å². The van der Waals surface area contributed by atoms with Gasteiger partial charge in [0, 0.05) is 19.8 Å². The van der Waals surface area contributed by atoms with Crippen molar-refractivity contribution >= 4 is 17.0 Å². The first kappa shape index (κ1) is 11.7. The van der Waals surface area contributed by atoms with Gasteiger partial charge in [-0.05, 0) is 24.4 Å². The van der Waals surface area contributed by atoms with Gasteiger partial charge in [0.2, 0.25) is 0 Å². The second kappa shape index (κ2) is 8.81. The van der Waals surface area contributed by atoms with Gasteiger partial charge < -0.3 is 10.1 Å². The van der Waals surface area contributed by atoms with E-state index in [-0.39, 0.29) is 0 Å². The van der Waals surface area contributed by atoms with E-state index in [0.717, 1.165) is 25.9 Å². The molecule has 3 nitrogen and oxygen atoms in total. The maximum absolute atomic E-state index is 10.2. The van der Waals surface area contributed by atoms with Crippen LogP contribution in [0.4, 0.5) is 4.79 Å². The van der Waals surface area contributed by atoms with Gasteiger partial charge in [0.15, 0.2) is 0 Å². The zero-order valence-electron chi connectivity index (χ0n) is 7.44. The molecule has 0 fully saturated rings. The Morgan fingerprint density at radius 1 is 1.42 bits per heavy atom. The highest BCUT2D eigenvalue weighted by molar-refractivity contribution is 6.62. The van der Waals surface area contributed by atoms with E-state index in [4.69, 9.17) is 16.3 Å². The largest absolute Gasteiger partial charge is 0.381 e. The van der Waals surface area contributed by atoms with E-state index in [1.165, 1.54) is 0 Å². The Morgan fingerprint density at radius 3 is 2.67 bits per heavy atom. The predicted octanol–water partition coefficient (Wildman–Crippen LogP) is 2.14. The highest BCUT2D eigenvalue weighted by Crippen LogP contribution is 1.89. The molecule has 0 rings (SSSR count). The fourth-order valence-electron chi connectivity index (χ4n) is 0.709. The van der Waals surface area contributed by atoms with Crippen LogP contribution in [0.2, 0.25) is 0 Å². The molecule has 0 aliphatic carbocycles. The summed E-state index contributed by atoms with van der Waals surface area (Å²) < 4.78 is 5.26. The molecule has 0 aliphatic rings. The molecule has 0 aliphatic heterocycles. The normalized spacial score (nSPS) is 9.83. The van der Waals surface area contributed by atoms with Crippen LogP contribution in [0.3, 0.4) is 0 Å². The van der Waals surface area contributed by atoms with E-state index in [2.05, 4.69) is 12.2 Å². The molecule has 0 bridgehead atoms. The third-order valence-corrected chi connectivity index (χ3v) is 1.51. The van der Waals surface area contributed by atoms with Crippen molar-refractivity contribution in [2.24, 2.45) is 0 Å². The number of hydrogen-bond donors (Lipinski definition) is 1. The highest BCUT2D eigenvalue weighted by atomic mass is 35.5. The minimum absolute atomic E-state index is 0.497. The van der Waals surface area contributed by atoms with Gasteiger partial charge in [0.25, 0.3) is 0 Å². The van der Waals surface area contributed by atoms with Crippen molar-refractivity contribution in [3.05, 3.63) is 0 Å². The van der Waals surface area contributed by atoms with Crippen LogP contribution >= 0.6 is 11.6 Å². The Bertz CT molecular complexity index is 120. The minimum Gasteiger partial charge on any atom is -0.381 e. The van der Waals surface area contributed by atoms with Gasteiger partial charge in [0.05, 0.1) is 0 Å². The first-order valence-electron chi connectivity index (χ1n) is 4.28. The summed E-state index contributed by atoms with van der Waals surface area (Å²) in [4.78, 5) is 10.2. The quantitative estimate of drug-likeness (QED) is 0.382. The predicted molar refractivity (Wildman–Crippen MR) is 49.6 cm³/mol. The van der Waals surface area contributed by atoms with Crippen molar-refractivity contribution in [3.63, 3.8) is 0 Å². The molecular formula is C8H16ClNO2. The molecule has 0 radical (unpaired) electrons. The minimum atomic E-state index is -0.497. The molecule has 0 unspecified atom stereocenters. The number of carbonyl (C=O) groups is 1. The zero-order valence-corrected chi connectivity index (χ0v) is 8.19. The van der Waals surface area contributed by atoms with Crippen LogP contribution in [0.1, 0.15) is 26.2 Å². The summed E-state index contributed by atoms with van der Waals surface area (Å²) in [5.41, 5.74) is 0. The van der Waals surface area contributed by atoms with Crippen LogP contribution in [0.25, 0.3) is 0 Å². The SMILES string of the molecule is CCCCOCCCNC(=O)Cl. The summed E-state index contributed by atoms with van der Waals surface area (Å²) in [6.07, 6.45) is 3.07. The Morgan fingerprint density at radius 2 is 2.08 bits per heavy atom. The molecule has 0 atom stereocenters. The smallest absolute Gasteiger partial charge is 0.313 e. The molecular weight excluding hydrogens is 178 g/mol. The molecule has 1 N–H and O–H groups in total. The molecule has 0 aromatic carbocycles. The van der Waals surface area contributed by atoms with Crippen LogP contribution in [-0.4, -0.2) is 25.1 Å². The first-order chi connectivity index (χ1) is 5.77. The van der Waals surface area contributed by atoms with Crippen molar-refractivity contribution in [2.75, 3.05) is 19.8 Å². The lowest BCUT2D eigenvalue weighted by molar-refractivity contribution is 0.129. The third kappa shape index (κ3) is 9.72. The fourth-order valence-corrected chi connectivity index (χ4v) is 0.804. The van der Waals surface area contributed by atoms with E-state index in [9.17, 15) is 4.79 Å². The van der Waals surface area contributed by atoms with Crippen molar-refractivity contribution in [3.8, 4) is 0 Å². The Hall–Kier alpha value is -0.280. The highest BCUT2D eigenvalue weighted by Gasteiger charge is 1.92. The Labute approximate surface area is 78.4 Å². The second-order valence-electron chi connectivity index (χ2n) is 2.52. The van der Waals surface area contributed by atoms with Gasteiger partial charge in [-0.3, -0.25) is 4.79 Å². The van der Waals surface area contributed by atoms with Crippen molar-refractivity contribution in [1.29, 1.82) is 0 Å². The average Bonchev–Trinajstić information content (AvgIpc) is 2.02. The number of ether oxygens (including phenoxy) is 1. The summed E-state index contributed by atoms with van der Waals surface area (Å²) in [7, 11) is 0. The fraction of sp³-hybridized carbons (Fsp3) is 0.875. The first-order valence-corrected chi connectivity index (χ1v) is 4.66. The molecule has 0 aromatic heterocycles. The lowest BCUT2D eigenvalue weighted by atomic mass is 10.4. The molecule has 72 valence electrons.